The molecule has 1 rings (SSSR count). The molecule has 0 spiro atoms. The minimum Gasteiger partial charge on any atom is -0.377 e. The second-order valence-electron chi connectivity index (χ2n) is 4.63. The molecule has 112 valence electrons. The van der Waals surface area contributed by atoms with Crippen molar-refractivity contribution in [1.82, 2.24) is 10.3 Å². The fourth-order valence-electron chi connectivity index (χ4n) is 1.50. The third kappa shape index (κ3) is 5.75. The zero-order valence-corrected chi connectivity index (χ0v) is 13.0. The fraction of sp³-hybridized carbons (Fsp3) is 0.571. The maximum atomic E-state index is 12.0. The van der Waals surface area contributed by atoms with E-state index in [4.69, 9.17) is 16.3 Å². The first-order chi connectivity index (χ1) is 9.54. The highest BCUT2D eigenvalue weighted by atomic mass is 35.5. The molecule has 0 radical (unpaired) electrons. The smallest absolute Gasteiger partial charge is 0.271 e. The number of rotatable bonds is 8. The van der Waals surface area contributed by atoms with Gasteiger partial charge >= 0.3 is 0 Å². The van der Waals surface area contributed by atoms with Gasteiger partial charge in [0.1, 0.15) is 11.5 Å². The molecule has 0 saturated heterocycles. The number of pyridine rings is 1. The van der Waals surface area contributed by atoms with E-state index in [1.165, 1.54) is 0 Å². The van der Waals surface area contributed by atoms with Gasteiger partial charge in [-0.05, 0) is 32.4 Å². The number of anilines is 1. The van der Waals surface area contributed by atoms with Gasteiger partial charge in [-0.3, -0.25) is 4.79 Å². The van der Waals surface area contributed by atoms with Crippen LogP contribution in [0.2, 0.25) is 5.02 Å². The van der Waals surface area contributed by atoms with Gasteiger partial charge in [0.2, 0.25) is 0 Å². The summed E-state index contributed by atoms with van der Waals surface area (Å²) in [5.41, 5.74) is 0.234. The number of aromatic nitrogens is 1. The first kappa shape index (κ1) is 16.7. The molecule has 0 aromatic carbocycles. The number of ether oxygens (including phenoxy) is 1. The minimum absolute atomic E-state index is 0.148. The van der Waals surface area contributed by atoms with Crippen LogP contribution in [0.4, 0.5) is 5.82 Å². The van der Waals surface area contributed by atoms with Crippen LogP contribution in [0, 0.1) is 0 Å². The number of hydrogen-bond donors (Lipinski definition) is 2. The van der Waals surface area contributed by atoms with E-state index in [1.54, 1.807) is 12.1 Å². The average molecular weight is 300 g/mol. The van der Waals surface area contributed by atoms with Crippen LogP contribution in [0.5, 0.6) is 0 Å². The molecule has 6 heteroatoms. The molecular weight excluding hydrogens is 278 g/mol. The van der Waals surface area contributed by atoms with E-state index in [-0.39, 0.29) is 17.7 Å². The third-order valence-corrected chi connectivity index (χ3v) is 2.76. The maximum absolute atomic E-state index is 12.0. The number of carbonyl (C=O) groups excluding carboxylic acids is 1. The van der Waals surface area contributed by atoms with Gasteiger partial charge in [-0.1, -0.05) is 18.5 Å². The molecule has 2 N–H and O–H groups in total. The number of nitrogens with zero attached hydrogens (tertiary/aromatic N) is 1. The number of halogens is 1. The number of nitrogens with one attached hydrogen (secondary N) is 2. The van der Waals surface area contributed by atoms with E-state index in [0.29, 0.717) is 24.0 Å². The zero-order valence-electron chi connectivity index (χ0n) is 12.2. The second-order valence-corrected chi connectivity index (χ2v) is 5.04. The summed E-state index contributed by atoms with van der Waals surface area (Å²) in [6.45, 7) is 7.66. The normalized spacial score (nSPS) is 10.7. The molecule has 5 nitrogen and oxygen atoms in total. The van der Waals surface area contributed by atoms with Gasteiger partial charge < -0.3 is 15.4 Å². The fourth-order valence-corrected chi connectivity index (χ4v) is 1.69. The largest absolute Gasteiger partial charge is 0.377 e. The highest BCUT2D eigenvalue weighted by Crippen LogP contribution is 2.16. The Kier molecular flexibility index (Phi) is 7.33. The molecule has 0 aliphatic rings. The quantitative estimate of drug-likeness (QED) is 0.725. The monoisotopic (exact) mass is 299 g/mol. The van der Waals surface area contributed by atoms with Gasteiger partial charge in [-0.2, -0.15) is 0 Å². The highest BCUT2D eigenvalue weighted by molar-refractivity contribution is 6.33. The SMILES string of the molecule is CCCNc1ccc(Cl)c(C(=O)NCCOC(C)C)n1. The Hall–Kier alpha value is -1.33. The first-order valence-electron chi connectivity index (χ1n) is 6.84. The molecule has 0 fully saturated rings. The molecule has 0 unspecified atom stereocenters. The summed E-state index contributed by atoms with van der Waals surface area (Å²) in [5, 5.41) is 6.21. The molecule has 0 atom stereocenters. The Balaban J connectivity index is 2.57. The van der Waals surface area contributed by atoms with Crippen molar-refractivity contribution in [1.29, 1.82) is 0 Å². The van der Waals surface area contributed by atoms with E-state index < -0.39 is 0 Å². The summed E-state index contributed by atoms with van der Waals surface area (Å²) in [4.78, 5) is 16.2. The second kappa shape index (κ2) is 8.76. The van der Waals surface area contributed by atoms with Crippen molar-refractivity contribution in [3.05, 3.63) is 22.8 Å². The summed E-state index contributed by atoms with van der Waals surface area (Å²) in [5.74, 6) is 0.363. The molecular formula is C14H22ClN3O2. The molecule has 0 aliphatic carbocycles. The van der Waals surface area contributed by atoms with Crippen LogP contribution in [0.15, 0.2) is 12.1 Å². The molecule has 1 amide bonds. The standard InChI is InChI=1S/C14H22ClN3O2/c1-4-7-16-12-6-5-11(15)13(18-12)14(19)17-8-9-20-10(2)3/h5-6,10H,4,7-9H2,1-3H3,(H,16,18)(H,17,19). The lowest BCUT2D eigenvalue weighted by atomic mass is 10.3. The van der Waals surface area contributed by atoms with E-state index in [0.717, 1.165) is 13.0 Å². The van der Waals surface area contributed by atoms with Crippen molar-refractivity contribution in [2.24, 2.45) is 0 Å². The van der Waals surface area contributed by atoms with Crippen molar-refractivity contribution in [3.8, 4) is 0 Å². The van der Waals surface area contributed by atoms with Crippen molar-refractivity contribution in [3.63, 3.8) is 0 Å². The summed E-state index contributed by atoms with van der Waals surface area (Å²) in [7, 11) is 0. The van der Waals surface area contributed by atoms with Crippen molar-refractivity contribution in [2.45, 2.75) is 33.3 Å². The van der Waals surface area contributed by atoms with Crippen LogP contribution < -0.4 is 10.6 Å². The van der Waals surface area contributed by atoms with E-state index >= 15 is 0 Å². The molecule has 20 heavy (non-hydrogen) atoms. The van der Waals surface area contributed by atoms with Crippen LogP contribution in [0.3, 0.4) is 0 Å². The first-order valence-corrected chi connectivity index (χ1v) is 7.22. The van der Waals surface area contributed by atoms with Gasteiger partial charge in [0, 0.05) is 13.1 Å². The summed E-state index contributed by atoms with van der Waals surface area (Å²) < 4.78 is 5.35. The van der Waals surface area contributed by atoms with Gasteiger partial charge in [-0.15, -0.1) is 0 Å². The van der Waals surface area contributed by atoms with Gasteiger partial charge in [0.25, 0.3) is 5.91 Å². The van der Waals surface area contributed by atoms with Crippen molar-refractivity contribution < 1.29 is 9.53 Å². The van der Waals surface area contributed by atoms with Crippen molar-refractivity contribution in [2.75, 3.05) is 25.0 Å². The number of carbonyl (C=O) groups is 1. The number of amides is 1. The van der Waals surface area contributed by atoms with Crippen LogP contribution in [-0.2, 0) is 4.74 Å². The maximum Gasteiger partial charge on any atom is 0.271 e. The number of hydrogen-bond acceptors (Lipinski definition) is 4. The van der Waals surface area contributed by atoms with Gasteiger partial charge in [0.05, 0.1) is 17.7 Å². The lowest BCUT2D eigenvalue weighted by Gasteiger charge is -2.10. The Morgan fingerprint density at radius 3 is 2.80 bits per heavy atom. The average Bonchev–Trinajstić information content (AvgIpc) is 2.42. The molecule has 0 saturated carbocycles. The molecule has 1 aromatic heterocycles. The van der Waals surface area contributed by atoms with Crippen LogP contribution in [-0.4, -0.2) is 36.7 Å². The van der Waals surface area contributed by atoms with E-state index in [2.05, 4.69) is 22.5 Å². The van der Waals surface area contributed by atoms with E-state index in [9.17, 15) is 4.79 Å². The summed E-state index contributed by atoms with van der Waals surface area (Å²) in [6, 6.07) is 3.43. The van der Waals surface area contributed by atoms with Gasteiger partial charge in [0.15, 0.2) is 0 Å². The van der Waals surface area contributed by atoms with Gasteiger partial charge in [-0.25, -0.2) is 4.98 Å². The Morgan fingerprint density at radius 1 is 1.40 bits per heavy atom. The van der Waals surface area contributed by atoms with Crippen molar-refractivity contribution >= 4 is 23.3 Å². The Morgan fingerprint density at radius 2 is 2.15 bits per heavy atom. The predicted octanol–water partition coefficient (Wildman–Crippen LogP) is 2.71. The van der Waals surface area contributed by atoms with Crippen LogP contribution >= 0.6 is 11.6 Å². The lowest BCUT2D eigenvalue weighted by molar-refractivity contribution is 0.0745. The lowest BCUT2D eigenvalue weighted by Crippen LogP contribution is -2.29. The molecule has 0 aliphatic heterocycles. The van der Waals surface area contributed by atoms with E-state index in [1.807, 2.05) is 13.8 Å². The topological polar surface area (TPSA) is 63.2 Å². The predicted molar refractivity (Wildman–Crippen MR) is 81.4 cm³/mol. The summed E-state index contributed by atoms with van der Waals surface area (Å²) in [6.07, 6.45) is 1.13. The Bertz CT molecular complexity index is 438. The Labute approximate surface area is 125 Å². The summed E-state index contributed by atoms with van der Waals surface area (Å²) >= 11 is 6.01. The zero-order chi connectivity index (χ0) is 15.0. The van der Waals surface area contributed by atoms with Crippen LogP contribution in [0.25, 0.3) is 0 Å². The third-order valence-electron chi connectivity index (χ3n) is 2.46. The van der Waals surface area contributed by atoms with Crippen LogP contribution in [0.1, 0.15) is 37.7 Å². The molecule has 1 heterocycles. The molecule has 1 aromatic rings. The molecule has 0 bridgehead atoms. The minimum atomic E-state index is -0.289. The highest BCUT2D eigenvalue weighted by Gasteiger charge is 2.12.